The summed E-state index contributed by atoms with van der Waals surface area (Å²) in [6.07, 6.45) is 0.402. The Balaban J connectivity index is 2.71. The number of hydrogen-bond donors (Lipinski definition) is 0. The normalized spacial score (nSPS) is 27.3. The van der Waals surface area contributed by atoms with Crippen molar-refractivity contribution in [1.82, 2.24) is 0 Å². The number of hydrogen-bond acceptors (Lipinski definition) is 6. The third-order valence-electron chi connectivity index (χ3n) is 3.04. The molecule has 0 amide bonds. The molecule has 0 aromatic carbocycles. The molecule has 0 radical (unpaired) electrons. The second kappa shape index (κ2) is 10.0. The van der Waals surface area contributed by atoms with Crippen molar-refractivity contribution in [3.8, 4) is 0 Å². The van der Waals surface area contributed by atoms with Crippen LogP contribution in [0.15, 0.2) is 0 Å². The molecule has 0 saturated carbocycles. The van der Waals surface area contributed by atoms with Gasteiger partial charge in [-0.05, 0) is 46.4 Å². The molecule has 6 nitrogen and oxygen atoms in total. The minimum Gasteiger partial charge on any atom is -0.376 e. The minimum absolute atomic E-state index is 0.0755. The molecule has 0 N–H and O–H groups in total. The molecule has 0 spiro atoms. The SMILES string of the molecule is [C-]#[N+]CCOP(=S)(OC(C)C)O[C@@H]1C[C@H](C)O[C@@H]1COC(C)C. The molecule has 134 valence electrons. The molecule has 1 heterocycles. The largest absolute Gasteiger partial charge is 0.376 e. The molecule has 1 saturated heterocycles. The molecule has 1 unspecified atom stereocenters. The highest BCUT2D eigenvalue weighted by Gasteiger charge is 2.39. The van der Waals surface area contributed by atoms with Crippen molar-refractivity contribution in [3.63, 3.8) is 0 Å². The van der Waals surface area contributed by atoms with Crippen molar-refractivity contribution < 1.29 is 23.0 Å². The molecule has 1 aliphatic rings. The van der Waals surface area contributed by atoms with Gasteiger partial charge in [-0.1, -0.05) is 0 Å². The molecule has 0 aromatic heterocycles. The van der Waals surface area contributed by atoms with Gasteiger partial charge in [0.1, 0.15) is 12.7 Å². The van der Waals surface area contributed by atoms with E-state index in [9.17, 15) is 0 Å². The van der Waals surface area contributed by atoms with E-state index in [-0.39, 0.29) is 43.7 Å². The first-order valence-electron chi connectivity index (χ1n) is 7.97. The van der Waals surface area contributed by atoms with Gasteiger partial charge in [0.05, 0.1) is 31.0 Å². The summed E-state index contributed by atoms with van der Waals surface area (Å²) in [5.74, 6) is 0. The van der Waals surface area contributed by atoms with E-state index in [2.05, 4.69) is 4.85 Å². The van der Waals surface area contributed by atoms with Gasteiger partial charge in [-0.3, -0.25) is 0 Å². The lowest BCUT2D eigenvalue weighted by Gasteiger charge is -2.28. The van der Waals surface area contributed by atoms with E-state index in [0.29, 0.717) is 6.61 Å². The van der Waals surface area contributed by atoms with Gasteiger partial charge in [-0.15, -0.1) is 0 Å². The highest BCUT2D eigenvalue weighted by atomic mass is 32.5. The van der Waals surface area contributed by atoms with Crippen molar-refractivity contribution >= 4 is 18.5 Å². The average molecular weight is 365 g/mol. The lowest BCUT2D eigenvalue weighted by Crippen LogP contribution is -2.30. The molecule has 0 aliphatic carbocycles. The maximum atomic E-state index is 6.83. The number of ether oxygens (including phenoxy) is 2. The summed E-state index contributed by atoms with van der Waals surface area (Å²) in [4.78, 5) is 3.27. The molecule has 23 heavy (non-hydrogen) atoms. The Bertz CT molecular complexity index is 440. The van der Waals surface area contributed by atoms with Crippen LogP contribution in [0.4, 0.5) is 0 Å². The first-order valence-corrected chi connectivity index (χ1v) is 10.5. The van der Waals surface area contributed by atoms with Crippen LogP contribution in [0, 0.1) is 6.57 Å². The van der Waals surface area contributed by atoms with Crippen LogP contribution in [0.2, 0.25) is 0 Å². The summed E-state index contributed by atoms with van der Waals surface area (Å²) in [5, 5.41) is 0. The lowest BCUT2D eigenvalue weighted by atomic mass is 10.1. The van der Waals surface area contributed by atoms with Crippen molar-refractivity contribution in [2.24, 2.45) is 0 Å². The van der Waals surface area contributed by atoms with Crippen LogP contribution in [-0.2, 0) is 34.9 Å². The predicted octanol–water partition coefficient (Wildman–Crippen LogP) is 3.56. The standard InChI is InChI=1S/C15H28NO5PS/c1-11(2)17-10-15-14(9-13(5)19-15)21-22(23,20-12(3)4)18-8-7-16-6/h11-15H,7-10H2,1-5H3/t13-,14+,15+,22?/m0/s1. The summed E-state index contributed by atoms with van der Waals surface area (Å²) in [5.41, 5.74) is 0. The second-order valence-corrected chi connectivity index (χ2v) is 8.98. The van der Waals surface area contributed by atoms with E-state index < -0.39 is 6.72 Å². The Morgan fingerprint density at radius 2 is 2.00 bits per heavy atom. The molecule has 0 bridgehead atoms. The minimum atomic E-state index is -2.91. The highest BCUT2D eigenvalue weighted by Crippen LogP contribution is 2.53. The summed E-state index contributed by atoms with van der Waals surface area (Å²) in [6, 6.07) is 0. The van der Waals surface area contributed by atoms with Crippen molar-refractivity contribution in [3.05, 3.63) is 11.4 Å². The van der Waals surface area contributed by atoms with E-state index in [0.717, 1.165) is 6.42 Å². The smallest absolute Gasteiger partial charge is 0.328 e. The topological polar surface area (TPSA) is 50.5 Å². The first kappa shape index (κ1) is 21.0. The van der Waals surface area contributed by atoms with Crippen molar-refractivity contribution in [1.29, 1.82) is 0 Å². The van der Waals surface area contributed by atoms with Gasteiger partial charge in [-0.25, -0.2) is 6.57 Å². The van der Waals surface area contributed by atoms with Crippen molar-refractivity contribution in [2.45, 2.75) is 71.6 Å². The van der Waals surface area contributed by atoms with Gasteiger partial charge in [0.15, 0.2) is 0 Å². The molecule has 1 rings (SSSR count). The number of rotatable bonds is 10. The van der Waals surface area contributed by atoms with Crippen LogP contribution in [0.1, 0.15) is 41.0 Å². The third kappa shape index (κ3) is 8.04. The van der Waals surface area contributed by atoms with E-state index in [4.69, 9.17) is 41.4 Å². The van der Waals surface area contributed by atoms with Gasteiger partial charge < -0.3 is 27.9 Å². The molecule has 8 heteroatoms. The molecular weight excluding hydrogens is 337 g/mol. The molecule has 4 atom stereocenters. The van der Waals surface area contributed by atoms with Crippen LogP contribution in [0.25, 0.3) is 4.85 Å². The van der Waals surface area contributed by atoms with Crippen LogP contribution in [0.5, 0.6) is 0 Å². The molecule has 0 aromatic rings. The summed E-state index contributed by atoms with van der Waals surface area (Å²) >= 11 is 5.50. The Hall–Kier alpha value is -0.0600. The van der Waals surface area contributed by atoms with Gasteiger partial charge in [0.25, 0.3) is 0 Å². The fraction of sp³-hybridized carbons (Fsp3) is 0.933. The Morgan fingerprint density at radius 1 is 1.30 bits per heavy atom. The number of nitrogens with zero attached hydrogens (tertiary/aromatic N) is 1. The van der Waals surface area contributed by atoms with Crippen LogP contribution in [0.3, 0.4) is 0 Å². The predicted molar refractivity (Wildman–Crippen MR) is 92.8 cm³/mol. The van der Waals surface area contributed by atoms with Crippen LogP contribution in [-0.4, -0.2) is 50.3 Å². The van der Waals surface area contributed by atoms with Gasteiger partial charge in [-0.2, -0.15) is 0 Å². The second-order valence-electron chi connectivity index (χ2n) is 6.06. The maximum absolute atomic E-state index is 6.83. The summed E-state index contributed by atoms with van der Waals surface area (Å²) in [6.45, 7) is 14.6. The zero-order chi connectivity index (χ0) is 17.5. The highest BCUT2D eigenvalue weighted by molar-refractivity contribution is 8.07. The van der Waals surface area contributed by atoms with Crippen LogP contribution >= 0.6 is 6.72 Å². The first-order chi connectivity index (χ1) is 10.8. The quantitative estimate of drug-likeness (QED) is 0.335. The van der Waals surface area contributed by atoms with E-state index in [1.165, 1.54) is 0 Å². The van der Waals surface area contributed by atoms with Gasteiger partial charge in [0.2, 0.25) is 6.54 Å². The zero-order valence-electron chi connectivity index (χ0n) is 14.6. The van der Waals surface area contributed by atoms with Gasteiger partial charge in [0, 0.05) is 6.42 Å². The zero-order valence-corrected chi connectivity index (χ0v) is 16.3. The third-order valence-corrected chi connectivity index (χ3v) is 5.58. The van der Waals surface area contributed by atoms with E-state index in [1.54, 1.807) is 0 Å². The monoisotopic (exact) mass is 365 g/mol. The van der Waals surface area contributed by atoms with Crippen LogP contribution < -0.4 is 0 Å². The molecule has 1 aliphatic heterocycles. The van der Waals surface area contributed by atoms with E-state index in [1.807, 2.05) is 34.6 Å². The fourth-order valence-corrected chi connectivity index (χ4v) is 4.79. The summed E-state index contributed by atoms with van der Waals surface area (Å²) < 4.78 is 28.9. The van der Waals surface area contributed by atoms with Crippen molar-refractivity contribution in [2.75, 3.05) is 19.8 Å². The van der Waals surface area contributed by atoms with Gasteiger partial charge >= 0.3 is 6.72 Å². The molecule has 1 fully saturated rings. The summed E-state index contributed by atoms with van der Waals surface area (Å²) in [7, 11) is 0. The Kier molecular flexibility index (Phi) is 9.17. The van der Waals surface area contributed by atoms with E-state index >= 15 is 0 Å². The average Bonchev–Trinajstić information content (AvgIpc) is 2.75. The lowest BCUT2D eigenvalue weighted by molar-refractivity contribution is -0.0544. The maximum Gasteiger partial charge on any atom is 0.328 e. The fourth-order valence-electron chi connectivity index (χ4n) is 2.17. The Labute approximate surface area is 144 Å². The Morgan fingerprint density at radius 3 is 2.57 bits per heavy atom. The molecular formula is C15H28NO5PS.